The Labute approximate surface area is 129 Å². The van der Waals surface area contributed by atoms with Gasteiger partial charge in [-0.05, 0) is 30.9 Å². The molecule has 2 atom stereocenters. The molecule has 0 radical (unpaired) electrons. The number of phenolic OH excluding ortho intramolecular Hbond substituents is 1. The monoisotopic (exact) mass is 316 g/mol. The normalized spacial score (nSPS) is 18.6. The topological polar surface area (TPSA) is 110 Å². The van der Waals surface area contributed by atoms with Crippen LogP contribution in [-0.4, -0.2) is 21.2 Å². The number of aliphatic hydroxyl groups excluding tert-OH is 1. The van der Waals surface area contributed by atoms with Crippen molar-refractivity contribution in [2.75, 3.05) is 0 Å². The highest BCUT2D eigenvalue weighted by Gasteiger charge is 2.31. The average molecular weight is 317 g/mol. The van der Waals surface area contributed by atoms with Crippen molar-refractivity contribution < 1.29 is 15.1 Å². The van der Waals surface area contributed by atoms with Gasteiger partial charge < -0.3 is 15.9 Å². The van der Waals surface area contributed by atoms with Crippen LogP contribution in [0.25, 0.3) is 0 Å². The fourth-order valence-electron chi connectivity index (χ4n) is 2.93. The number of nitro groups is 1. The number of aliphatic hydroxyl groups is 1. The van der Waals surface area contributed by atoms with Gasteiger partial charge in [0.25, 0.3) is 5.69 Å². The average Bonchev–Trinajstić information content (AvgIpc) is 2.46. The predicted molar refractivity (Wildman–Crippen MR) is 81.5 cm³/mol. The summed E-state index contributed by atoms with van der Waals surface area (Å²) in [4.78, 5) is 10.5. The molecule has 1 fully saturated rings. The maximum absolute atomic E-state index is 11.0. The highest BCUT2D eigenvalue weighted by atomic mass is 35.5. The van der Waals surface area contributed by atoms with Crippen molar-refractivity contribution in [1.29, 1.82) is 0 Å². The van der Waals surface area contributed by atoms with E-state index in [1.54, 1.807) is 0 Å². The zero-order valence-electron chi connectivity index (χ0n) is 11.6. The molecular weight excluding hydrogens is 296 g/mol. The Balaban J connectivity index is 0.00000220. The van der Waals surface area contributed by atoms with Crippen molar-refractivity contribution in [2.24, 2.45) is 11.7 Å². The van der Waals surface area contributed by atoms with Gasteiger partial charge in [0.1, 0.15) is 5.75 Å². The molecule has 1 saturated carbocycles. The zero-order chi connectivity index (χ0) is 14.7. The lowest BCUT2D eigenvalue weighted by Gasteiger charge is -2.30. The number of benzene rings is 1. The number of nitro benzene ring substituents is 1. The van der Waals surface area contributed by atoms with Gasteiger partial charge in [-0.2, -0.15) is 0 Å². The Bertz CT molecular complexity index is 492. The molecule has 2 rings (SSSR count). The second kappa shape index (κ2) is 7.59. The molecule has 6 nitrogen and oxygen atoms in total. The van der Waals surface area contributed by atoms with Crippen molar-refractivity contribution in [3.05, 3.63) is 33.9 Å². The number of nitrogens with zero attached hydrogens (tertiary/aromatic N) is 1. The Hall–Kier alpha value is -1.37. The Kier molecular flexibility index (Phi) is 6.39. The summed E-state index contributed by atoms with van der Waals surface area (Å²) in [7, 11) is 0. The van der Waals surface area contributed by atoms with Crippen LogP contribution < -0.4 is 5.73 Å². The Morgan fingerprint density at radius 1 is 1.29 bits per heavy atom. The van der Waals surface area contributed by atoms with Crippen molar-refractivity contribution in [2.45, 2.75) is 44.2 Å². The third-order valence-electron chi connectivity index (χ3n) is 4.07. The molecule has 21 heavy (non-hydrogen) atoms. The van der Waals surface area contributed by atoms with Gasteiger partial charge in [-0.15, -0.1) is 12.4 Å². The van der Waals surface area contributed by atoms with Crippen LogP contribution in [0.4, 0.5) is 5.69 Å². The van der Waals surface area contributed by atoms with Gasteiger partial charge in [-0.25, -0.2) is 0 Å². The molecule has 0 aliphatic heterocycles. The summed E-state index contributed by atoms with van der Waals surface area (Å²) in [6.45, 7) is 0. The van der Waals surface area contributed by atoms with E-state index >= 15 is 0 Å². The number of hydrogen-bond donors (Lipinski definition) is 3. The van der Waals surface area contributed by atoms with E-state index in [2.05, 4.69) is 0 Å². The number of nitrogens with two attached hydrogens (primary N) is 1. The largest absolute Gasteiger partial charge is 0.508 e. The summed E-state index contributed by atoms with van der Waals surface area (Å²) in [6, 6.07) is 2.89. The first-order valence-corrected chi connectivity index (χ1v) is 6.91. The lowest BCUT2D eigenvalue weighted by Crippen LogP contribution is -2.34. The molecule has 1 aromatic carbocycles. The number of aromatic hydroxyl groups is 1. The molecule has 0 aromatic heterocycles. The molecule has 0 unspecified atom stereocenters. The van der Waals surface area contributed by atoms with Crippen molar-refractivity contribution in [3.8, 4) is 5.75 Å². The van der Waals surface area contributed by atoms with Crippen LogP contribution in [0.1, 0.15) is 43.7 Å². The van der Waals surface area contributed by atoms with E-state index in [1.165, 1.54) is 18.2 Å². The van der Waals surface area contributed by atoms with Gasteiger partial charge in [0.15, 0.2) is 0 Å². The van der Waals surface area contributed by atoms with Crippen LogP contribution in [0.2, 0.25) is 0 Å². The van der Waals surface area contributed by atoms with Crippen LogP contribution in [0.5, 0.6) is 5.75 Å². The number of hydrogen-bond acceptors (Lipinski definition) is 5. The fraction of sp³-hybridized carbons (Fsp3) is 0.571. The minimum Gasteiger partial charge on any atom is -0.508 e. The van der Waals surface area contributed by atoms with E-state index < -0.39 is 17.1 Å². The molecular formula is C14H21ClN2O4. The van der Waals surface area contributed by atoms with E-state index in [9.17, 15) is 20.3 Å². The third kappa shape index (κ3) is 4.06. The van der Waals surface area contributed by atoms with E-state index in [4.69, 9.17) is 5.73 Å². The standard InChI is InChI=1S/C14H20N2O4.ClH/c15-13(14(18)9-4-2-1-3-5-9)11-8-10(17)6-7-12(11)16(19)20;/h6-9,13-14,17-18H,1-5,15H2;1H/t13-,14+;/m1./s1. The van der Waals surface area contributed by atoms with Crippen LogP contribution in [-0.2, 0) is 0 Å². The van der Waals surface area contributed by atoms with Crippen LogP contribution in [0, 0.1) is 16.0 Å². The molecule has 118 valence electrons. The zero-order valence-corrected chi connectivity index (χ0v) is 12.5. The molecule has 1 aliphatic rings. The summed E-state index contributed by atoms with van der Waals surface area (Å²) in [6.07, 6.45) is 4.22. The first kappa shape index (κ1) is 17.7. The Morgan fingerprint density at radius 3 is 2.48 bits per heavy atom. The number of rotatable bonds is 4. The van der Waals surface area contributed by atoms with Crippen molar-refractivity contribution >= 4 is 18.1 Å². The summed E-state index contributed by atoms with van der Waals surface area (Å²) in [5.74, 6) is -0.0161. The summed E-state index contributed by atoms with van der Waals surface area (Å²) in [5.41, 5.74) is 6.04. The highest BCUT2D eigenvalue weighted by molar-refractivity contribution is 5.85. The minimum atomic E-state index is -0.856. The predicted octanol–water partition coefficient (Wildman–Crippen LogP) is 2.66. The molecule has 7 heteroatoms. The van der Waals surface area contributed by atoms with Gasteiger partial charge in [-0.3, -0.25) is 10.1 Å². The fourth-order valence-corrected chi connectivity index (χ4v) is 2.93. The third-order valence-corrected chi connectivity index (χ3v) is 4.07. The quantitative estimate of drug-likeness (QED) is 0.584. The van der Waals surface area contributed by atoms with Gasteiger partial charge in [-0.1, -0.05) is 19.3 Å². The molecule has 4 N–H and O–H groups in total. The van der Waals surface area contributed by atoms with Crippen molar-refractivity contribution in [3.63, 3.8) is 0 Å². The first-order valence-electron chi connectivity index (χ1n) is 6.91. The maximum Gasteiger partial charge on any atom is 0.274 e. The lowest BCUT2D eigenvalue weighted by atomic mass is 9.81. The number of phenols is 1. The SMILES string of the molecule is Cl.N[C@H](c1cc(O)ccc1[N+](=O)[O-])[C@@H](O)C1CCCCC1. The van der Waals surface area contributed by atoms with Crippen LogP contribution in [0.3, 0.4) is 0 Å². The second-order valence-electron chi connectivity index (χ2n) is 5.41. The molecule has 1 aromatic rings. The van der Waals surface area contributed by atoms with Gasteiger partial charge in [0.05, 0.1) is 22.6 Å². The molecule has 0 saturated heterocycles. The molecule has 1 aliphatic carbocycles. The summed E-state index contributed by atoms with van der Waals surface area (Å²) in [5, 5.41) is 30.9. The second-order valence-corrected chi connectivity index (χ2v) is 5.41. The minimum absolute atomic E-state index is 0. The maximum atomic E-state index is 11.0. The summed E-state index contributed by atoms with van der Waals surface area (Å²) < 4.78 is 0. The van der Waals surface area contributed by atoms with Gasteiger partial charge in [0, 0.05) is 6.07 Å². The lowest BCUT2D eigenvalue weighted by molar-refractivity contribution is -0.385. The molecule has 0 heterocycles. The van der Waals surface area contributed by atoms with Crippen LogP contribution in [0.15, 0.2) is 18.2 Å². The van der Waals surface area contributed by atoms with E-state index in [-0.39, 0.29) is 35.3 Å². The molecule has 0 bridgehead atoms. The number of halogens is 1. The van der Waals surface area contributed by atoms with Gasteiger partial charge in [0.2, 0.25) is 0 Å². The Morgan fingerprint density at radius 2 is 1.90 bits per heavy atom. The van der Waals surface area contributed by atoms with Crippen LogP contribution >= 0.6 is 12.4 Å². The smallest absolute Gasteiger partial charge is 0.274 e. The van der Waals surface area contributed by atoms with Gasteiger partial charge >= 0.3 is 0 Å². The van der Waals surface area contributed by atoms with E-state index in [0.29, 0.717) is 0 Å². The highest BCUT2D eigenvalue weighted by Crippen LogP contribution is 2.35. The molecule has 0 spiro atoms. The first-order chi connectivity index (χ1) is 9.50. The van der Waals surface area contributed by atoms with E-state index in [1.807, 2.05) is 0 Å². The summed E-state index contributed by atoms with van der Waals surface area (Å²) >= 11 is 0. The van der Waals surface area contributed by atoms with E-state index in [0.717, 1.165) is 32.1 Å². The molecule has 0 amide bonds. The van der Waals surface area contributed by atoms with Crippen molar-refractivity contribution in [1.82, 2.24) is 0 Å².